The van der Waals surface area contributed by atoms with E-state index in [9.17, 15) is 0 Å². The van der Waals surface area contributed by atoms with Gasteiger partial charge in [0.15, 0.2) is 5.79 Å². The van der Waals surface area contributed by atoms with Crippen LogP contribution in [-0.4, -0.2) is 29.0 Å². The van der Waals surface area contributed by atoms with E-state index in [1.54, 1.807) is 6.20 Å². The summed E-state index contributed by atoms with van der Waals surface area (Å²) < 4.78 is 11.5. The van der Waals surface area contributed by atoms with E-state index in [4.69, 9.17) is 31.8 Å². The largest absolute Gasteiger partial charge is 0.347 e. The second kappa shape index (κ2) is 7.36. The molecule has 4 aromatic rings. The molecule has 2 aromatic heterocycles. The highest BCUT2D eigenvalue weighted by molar-refractivity contribution is 6.34. The van der Waals surface area contributed by atoms with Gasteiger partial charge in [0, 0.05) is 35.6 Å². The third-order valence-electron chi connectivity index (χ3n) is 6.50. The molecular formula is C26H22ClN3O2. The number of pyridine rings is 2. The third kappa shape index (κ3) is 3.21. The van der Waals surface area contributed by atoms with Crippen molar-refractivity contribution < 1.29 is 9.47 Å². The lowest BCUT2D eigenvalue weighted by molar-refractivity contribution is -0.239. The summed E-state index contributed by atoms with van der Waals surface area (Å²) in [6.07, 6.45) is 3.03. The minimum Gasteiger partial charge on any atom is -0.347 e. The third-order valence-corrected chi connectivity index (χ3v) is 6.80. The molecule has 1 spiro atoms. The minimum atomic E-state index is -0.485. The Bertz CT molecular complexity index is 1290. The van der Waals surface area contributed by atoms with Crippen LogP contribution in [0.5, 0.6) is 0 Å². The maximum atomic E-state index is 6.68. The first-order valence-corrected chi connectivity index (χ1v) is 11.1. The van der Waals surface area contributed by atoms with Gasteiger partial charge >= 0.3 is 0 Å². The lowest BCUT2D eigenvalue weighted by Gasteiger charge is -2.50. The number of nitrogens with zero attached hydrogens (tertiary/aromatic N) is 2. The van der Waals surface area contributed by atoms with E-state index in [0.29, 0.717) is 31.2 Å². The van der Waals surface area contributed by atoms with E-state index in [2.05, 4.69) is 47.4 Å². The molecule has 0 radical (unpaired) electrons. The predicted octanol–water partition coefficient (Wildman–Crippen LogP) is 5.31. The molecule has 0 amide bonds. The van der Waals surface area contributed by atoms with Crippen LogP contribution in [0.25, 0.3) is 33.3 Å². The molecule has 6 rings (SSSR count). The van der Waals surface area contributed by atoms with Crippen molar-refractivity contribution in [2.45, 2.75) is 24.2 Å². The number of rotatable bonds is 3. The molecule has 3 heterocycles. The number of nitrogens with two attached hydrogens (primary N) is 1. The smallest absolute Gasteiger partial charge is 0.172 e. The molecule has 1 saturated carbocycles. The van der Waals surface area contributed by atoms with Gasteiger partial charge in [0.1, 0.15) is 5.15 Å². The Kier molecular flexibility index (Phi) is 4.56. The fraction of sp³-hybridized carbons (Fsp3) is 0.231. The summed E-state index contributed by atoms with van der Waals surface area (Å²) in [6, 6.07) is 22.5. The number of aromatic nitrogens is 2. The molecule has 2 N–H and O–H groups in total. The SMILES string of the molecule is NC1(c2ccc(-c3nc4ccnc(Cl)c4cc3-c3ccccc3)cc2)CC2(C1)OCCO2. The van der Waals surface area contributed by atoms with Gasteiger partial charge in [-0.15, -0.1) is 0 Å². The van der Waals surface area contributed by atoms with Crippen molar-refractivity contribution in [2.75, 3.05) is 13.2 Å². The van der Waals surface area contributed by atoms with Crippen LogP contribution < -0.4 is 5.73 Å². The maximum Gasteiger partial charge on any atom is 0.172 e. The Labute approximate surface area is 191 Å². The molecule has 1 saturated heterocycles. The van der Waals surface area contributed by atoms with E-state index in [-0.39, 0.29) is 0 Å². The van der Waals surface area contributed by atoms with E-state index in [0.717, 1.165) is 38.9 Å². The molecule has 0 bridgehead atoms. The summed E-state index contributed by atoms with van der Waals surface area (Å²) >= 11 is 6.37. The normalized spacial score (nSPS) is 18.7. The molecule has 0 unspecified atom stereocenters. The monoisotopic (exact) mass is 443 g/mol. The minimum absolute atomic E-state index is 0.429. The van der Waals surface area contributed by atoms with Gasteiger partial charge in [-0.05, 0) is 23.3 Å². The van der Waals surface area contributed by atoms with Gasteiger partial charge in [-0.2, -0.15) is 0 Å². The van der Waals surface area contributed by atoms with Gasteiger partial charge in [-0.1, -0.05) is 66.2 Å². The Morgan fingerprint density at radius 2 is 1.59 bits per heavy atom. The average molecular weight is 444 g/mol. The molecular weight excluding hydrogens is 422 g/mol. The lowest BCUT2D eigenvalue weighted by atomic mass is 9.68. The average Bonchev–Trinajstić information content (AvgIpc) is 3.28. The van der Waals surface area contributed by atoms with Crippen molar-refractivity contribution in [3.63, 3.8) is 0 Å². The Balaban J connectivity index is 1.41. The highest BCUT2D eigenvalue weighted by Gasteiger charge is 2.57. The van der Waals surface area contributed by atoms with Crippen molar-refractivity contribution in [1.29, 1.82) is 0 Å². The van der Waals surface area contributed by atoms with Crippen LogP contribution >= 0.6 is 11.6 Å². The van der Waals surface area contributed by atoms with Crippen LogP contribution in [0, 0.1) is 0 Å². The molecule has 6 heteroatoms. The summed E-state index contributed by atoms with van der Waals surface area (Å²) in [5.41, 5.74) is 12.2. The molecule has 1 aliphatic heterocycles. The van der Waals surface area contributed by atoms with Gasteiger partial charge in [0.05, 0.1) is 30.0 Å². The molecule has 0 atom stereocenters. The molecule has 2 aliphatic rings. The van der Waals surface area contributed by atoms with E-state index in [1.807, 2.05) is 24.3 Å². The lowest BCUT2D eigenvalue weighted by Crippen LogP contribution is -2.60. The molecule has 1 aliphatic carbocycles. The highest BCUT2D eigenvalue weighted by Crippen LogP contribution is 2.51. The molecule has 2 aromatic carbocycles. The number of ether oxygens (including phenoxy) is 2. The van der Waals surface area contributed by atoms with Crippen molar-refractivity contribution in [1.82, 2.24) is 9.97 Å². The predicted molar refractivity (Wildman–Crippen MR) is 125 cm³/mol. The van der Waals surface area contributed by atoms with Gasteiger partial charge in [-0.25, -0.2) is 9.97 Å². The highest BCUT2D eigenvalue weighted by atomic mass is 35.5. The second-order valence-corrected chi connectivity index (χ2v) is 8.97. The topological polar surface area (TPSA) is 70.3 Å². The molecule has 160 valence electrons. The van der Waals surface area contributed by atoms with Crippen LogP contribution in [0.1, 0.15) is 18.4 Å². The van der Waals surface area contributed by atoms with Crippen LogP contribution in [0.3, 0.4) is 0 Å². The van der Waals surface area contributed by atoms with Crippen LogP contribution in [0.4, 0.5) is 0 Å². The fourth-order valence-electron chi connectivity index (χ4n) is 4.90. The quantitative estimate of drug-likeness (QED) is 0.434. The zero-order chi connectivity index (χ0) is 21.8. The number of fused-ring (bicyclic) bond motifs is 1. The zero-order valence-electron chi connectivity index (χ0n) is 17.4. The first-order chi connectivity index (χ1) is 15.6. The number of halogens is 1. The summed E-state index contributed by atoms with van der Waals surface area (Å²) in [5.74, 6) is -0.485. The standard InChI is InChI=1S/C26H22ClN3O2/c27-24-21-14-20(17-4-2-1-3-5-17)23(30-22(21)10-11-29-24)18-6-8-19(9-7-18)25(28)15-26(16-25)31-12-13-32-26/h1-11,14H,12-13,15-16,28H2. The number of hydrogen-bond donors (Lipinski definition) is 1. The van der Waals surface area contributed by atoms with Gasteiger partial charge in [0.2, 0.25) is 0 Å². The summed E-state index contributed by atoms with van der Waals surface area (Å²) in [5, 5.41) is 1.29. The zero-order valence-corrected chi connectivity index (χ0v) is 18.2. The van der Waals surface area contributed by atoms with Crippen molar-refractivity contribution in [3.8, 4) is 22.4 Å². The first kappa shape index (κ1) is 19.8. The van der Waals surface area contributed by atoms with Crippen LogP contribution in [0.2, 0.25) is 5.15 Å². The van der Waals surface area contributed by atoms with E-state index >= 15 is 0 Å². The molecule has 32 heavy (non-hydrogen) atoms. The van der Waals surface area contributed by atoms with Gasteiger partial charge < -0.3 is 15.2 Å². The summed E-state index contributed by atoms with van der Waals surface area (Å²) in [7, 11) is 0. The van der Waals surface area contributed by atoms with Crippen LogP contribution in [0.15, 0.2) is 72.9 Å². The Morgan fingerprint density at radius 3 is 2.31 bits per heavy atom. The Hall–Kier alpha value is -2.83. The van der Waals surface area contributed by atoms with E-state index in [1.165, 1.54) is 0 Å². The van der Waals surface area contributed by atoms with Crippen molar-refractivity contribution in [2.24, 2.45) is 5.73 Å². The number of hydrogen-bond acceptors (Lipinski definition) is 5. The van der Waals surface area contributed by atoms with Gasteiger partial charge in [0.25, 0.3) is 0 Å². The second-order valence-electron chi connectivity index (χ2n) is 8.61. The summed E-state index contributed by atoms with van der Waals surface area (Å²) in [4.78, 5) is 9.19. The van der Waals surface area contributed by atoms with Gasteiger partial charge in [-0.3, -0.25) is 0 Å². The van der Waals surface area contributed by atoms with Crippen molar-refractivity contribution in [3.05, 3.63) is 83.6 Å². The molecule has 2 fully saturated rings. The summed E-state index contributed by atoms with van der Waals surface area (Å²) in [6.45, 7) is 1.29. The first-order valence-electron chi connectivity index (χ1n) is 10.7. The van der Waals surface area contributed by atoms with Crippen molar-refractivity contribution >= 4 is 22.5 Å². The maximum absolute atomic E-state index is 6.68. The van der Waals surface area contributed by atoms with E-state index < -0.39 is 11.3 Å². The van der Waals surface area contributed by atoms with Crippen LogP contribution in [-0.2, 0) is 15.0 Å². The molecule has 5 nitrogen and oxygen atoms in total. The fourth-order valence-corrected chi connectivity index (χ4v) is 5.10. The number of benzene rings is 2. The Morgan fingerprint density at radius 1 is 0.875 bits per heavy atom.